The van der Waals surface area contributed by atoms with Gasteiger partial charge in [-0.15, -0.1) is 0 Å². The molecule has 9 heteroatoms. The number of carbonyl (C=O) groups excluding carboxylic acids is 2. The first-order valence-corrected chi connectivity index (χ1v) is 10.7. The maximum Gasteiger partial charge on any atom is 0.269 e. The van der Waals surface area contributed by atoms with E-state index in [4.69, 9.17) is 11.6 Å². The first kappa shape index (κ1) is 21.4. The third-order valence-corrected chi connectivity index (χ3v) is 5.85. The average molecular weight is 444 g/mol. The normalized spacial score (nSPS) is 10.9. The molecule has 0 bridgehead atoms. The van der Waals surface area contributed by atoms with Gasteiger partial charge in [-0.3, -0.25) is 25.2 Å². The van der Waals surface area contributed by atoms with Crippen LogP contribution < -0.4 is 15.6 Å². The quantitative estimate of drug-likeness (QED) is 0.524. The van der Waals surface area contributed by atoms with Crippen LogP contribution in [0.25, 0.3) is 0 Å². The van der Waals surface area contributed by atoms with Crippen molar-refractivity contribution in [3.63, 3.8) is 0 Å². The van der Waals surface area contributed by atoms with E-state index in [9.17, 15) is 18.0 Å². The third-order valence-electron chi connectivity index (χ3n) is 4.21. The second-order valence-corrected chi connectivity index (χ2v) is 8.48. The zero-order chi connectivity index (χ0) is 21.7. The Bertz CT molecular complexity index is 1180. The highest BCUT2D eigenvalue weighted by Gasteiger charge is 2.16. The summed E-state index contributed by atoms with van der Waals surface area (Å²) >= 11 is 5.77. The fraction of sp³-hybridized carbons (Fsp3) is 0.0476. The van der Waals surface area contributed by atoms with Crippen molar-refractivity contribution in [3.8, 4) is 0 Å². The van der Waals surface area contributed by atoms with Gasteiger partial charge in [-0.05, 0) is 67.1 Å². The van der Waals surface area contributed by atoms with Gasteiger partial charge in [-0.2, -0.15) is 0 Å². The molecular weight excluding hydrogens is 426 g/mol. The Kier molecular flexibility index (Phi) is 6.39. The van der Waals surface area contributed by atoms with E-state index in [0.717, 1.165) is 5.56 Å². The molecule has 0 unspecified atom stereocenters. The topological polar surface area (TPSA) is 104 Å². The van der Waals surface area contributed by atoms with Crippen molar-refractivity contribution >= 4 is 39.1 Å². The first-order chi connectivity index (χ1) is 14.3. The van der Waals surface area contributed by atoms with Crippen LogP contribution in [-0.2, 0) is 10.0 Å². The van der Waals surface area contributed by atoms with Crippen LogP contribution in [0.1, 0.15) is 26.3 Å². The van der Waals surface area contributed by atoms with E-state index >= 15 is 0 Å². The maximum absolute atomic E-state index is 12.6. The van der Waals surface area contributed by atoms with E-state index in [-0.39, 0.29) is 10.5 Å². The zero-order valence-corrected chi connectivity index (χ0v) is 17.4. The van der Waals surface area contributed by atoms with Crippen LogP contribution in [0.5, 0.6) is 0 Å². The van der Waals surface area contributed by atoms with Crippen molar-refractivity contribution in [1.82, 2.24) is 10.9 Å². The van der Waals surface area contributed by atoms with Gasteiger partial charge < -0.3 is 0 Å². The molecule has 2 amide bonds. The minimum atomic E-state index is -3.81. The summed E-state index contributed by atoms with van der Waals surface area (Å²) in [5.41, 5.74) is 6.34. The summed E-state index contributed by atoms with van der Waals surface area (Å²) in [7, 11) is -3.81. The second kappa shape index (κ2) is 8.98. The van der Waals surface area contributed by atoms with Gasteiger partial charge >= 0.3 is 0 Å². The number of sulfonamides is 1. The molecule has 0 atom stereocenters. The van der Waals surface area contributed by atoms with Gasteiger partial charge in [-0.25, -0.2) is 8.42 Å². The lowest BCUT2D eigenvalue weighted by atomic mass is 10.2. The minimum Gasteiger partial charge on any atom is -0.279 e. The molecule has 0 aliphatic heterocycles. The second-order valence-electron chi connectivity index (χ2n) is 6.36. The van der Waals surface area contributed by atoms with E-state index in [1.54, 1.807) is 37.3 Å². The Hall–Kier alpha value is -3.36. The van der Waals surface area contributed by atoms with Crippen LogP contribution >= 0.6 is 11.6 Å². The van der Waals surface area contributed by atoms with Crippen molar-refractivity contribution in [2.45, 2.75) is 11.8 Å². The number of halogens is 1. The molecule has 0 aliphatic rings. The Balaban J connectivity index is 1.64. The minimum absolute atomic E-state index is 0.00695. The summed E-state index contributed by atoms with van der Waals surface area (Å²) in [6.07, 6.45) is 0. The van der Waals surface area contributed by atoms with Crippen molar-refractivity contribution in [2.75, 3.05) is 4.72 Å². The Morgan fingerprint density at radius 1 is 0.767 bits per heavy atom. The van der Waals surface area contributed by atoms with Crippen LogP contribution in [0, 0.1) is 6.92 Å². The molecule has 154 valence electrons. The molecule has 0 saturated heterocycles. The molecule has 0 fully saturated rings. The number of nitrogens with one attached hydrogen (secondary N) is 3. The number of hydrogen-bond donors (Lipinski definition) is 3. The maximum atomic E-state index is 12.6. The number of para-hydroxylation sites is 1. The zero-order valence-electron chi connectivity index (χ0n) is 15.8. The van der Waals surface area contributed by atoms with E-state index < -0.39 is 21.8 Å². The standard InChI is InChI=1S/C21H18ClN3O4S/c1-14-4-2-3-5-19(14)25-30(28,29)18-12-8-16(9-13-18)21(27)24-23-20(26)15-6-10-17(22)11-7-15/h2-13,25H,1H3,(H,23,26)(H,24,27). The van der Waals surface area contributed by atoms with E-state index in [0.29, 0.717) is 16.3 Å². The van der Waals surface area contributed by atoms with Crippen LogP contribution in [0.2, 0.25) is 5.02 Å². The molecule has 0 aliphatic carbocycles. The number of amides is 2. The summed E-state index contributed by atoms with van der Waals surface area (Å²) in [6, 6.07) is 18.5. The monoisotopic (exact) mass is 443 g/mol. The first-order valence-electron chi connectivity index (χ1n) is 8.81. The van der Waals surface area contributed by atoms with Crippen molar-refractivity contribution in [3.05, 3.63) is 94.5 Å². The highest BCUT2D eigenvalue weighted by molar-refractivity contribution is 7.92. The Morgan fingerprint density at radius 2 is 1.27 bits per heavy atom. The van der Waals surface area contributed by atoms with Crippen molar-refractivity contribution in [2.24, 2.45) is 0 Å². The molecule has 3 aromatic rings. The molecule has 0 radical (unpaired) electrons. The van der Waals surface area contributed by atoms with Gasteiger partial charge in [0, 0.05) is 16.1 Å². The number of benzene rings is 3. The number of hydrogen-bond acceptors (Lipinski definition) is 4. The highest BCUT2D eigenvalue weighted by Crippen LogP contribution is 2.19. The lowest BCUT2D eigenvalue weighted by Crippen LogP contribution is -2.41. The number of aryl methyl sites for hydroxylation is 1. The lowest BCUT2D eigenvalue weighted by Gasteiger charge is -2.11. The number of rotatable bonds is 5. The molecule has 3 N–H and O–H groups in total. The molecule has 0 heterocycles. The fourth-order valence-electron chi connectivity index (χ4n) is 2.54. The van der Waals surface area contributed by atoms with E-state index in [1.807, 2.05) is 6.07 Å². The summed E-state index contributed by atoms with van der Waals surface area (Å²) in [4.78, 5) is 24.2. The average Bonchev–Trinajstić information content (AvgIpc) is 2.74. The molecule has 7 nitrogen and oxygen atoms in total. The van der Waals surface area contributed by atoms with E-state index in [2.05, 4.69) is 15.6 Å². The summed E-state index contributed by atoms with van der Waals surface area (Å²) in [6.45, 7) is 1.80. The predicted octanol–water partition coefficient (Wildman–Crippen LogP) is 3.52. The number of hydrazine groups is 1. The Morgan fingerprint density at radius 3 is 1.80 bits per heavy atom. The Labute approximate surface area is 179 Å². The van der Waals surface area contributed by atoms with Crippen molar-refractivity contribution in [1.29, 1.82) is 0 Å². The molecule has 0 spiro atoms. The fourth-order valence-corrected chi connectivity index (χ4v) is 3.79. The number of carbonyl (C=O) groups is 2. The van der Waals surface area contributed by atoms with Crippen LogP contribution in [0.15, 0.2) is 77.7 Å². The van der Waals surface area contributed by atoms with Gasteiger partial charge in [0.25, 0.3) is 21.8 Å². The van der Waals surface area contributed by atoms with Crippen LogP contribution in [-0.4, -0.2) is 20.2 Å². The van der Waals surface area contributed by atoms with Gasteiger partial charge in [0.05, 0.1) is 10.6 Å². The van der Waals surface area contributed by atoms with Gasteiger partial charge in [0.2, 0.25) is 0 Å². The van der Waals surface area contributed by atoms with Crippen molar-refractivity contribution < 1.29 is 18.0 Å². The largest absolute Gasteiger partial charge is 0.279 e. The smallest absolute Gasteiger partial charge is 0.269 e. The molecule has 0 aromatic heterocycles. The number of anilines is 1. The van der Waals surface area contributed by atoms with Gasteiger partial charge in [0.15, 0.2) is 0 Å². The van der Waals surface area contributed by atoms with Gasteiger partial charge in [-0.1, -0.05) is 29.8 Å². The molecule has 0 saturated carbocycles. The third kappa shape index (κ3) is 5.16. The van der Waals surface area contributed by atoms with E-state index in [1.165, 1.54) is 36.4 Å². The highest BCUT2D eigenvalue weighted by atomic mass is 35.5. The molecule has 3 aromatic carbocycles. The molecule has 3 rings (SSSR count). The molecule has 30 heavy (non-hydrogen) atoms. The SMILES string of the molecule is Cc1ccccc1NS(=O)(=O)c1ccc(C(=O)NNC(=O)c2ccc(Cl)cc2)cc1. The van der Waals surface area contributed by atoms with Gasteiger partial charge in [0.1, 0.15) is 0 Å². The van der Waals surface area contributed by atoms with Crippen LogP contribution in [0.3, 0.4) is 0 Å². The molecular formula is C21H18ClN3O4S. The summed E-state index contributed by atoms with van der Waals surface area (Å²) in [5.74, 6) is -1.10. The lowest BCUT2D eigenvalue weighted by molar-refractivity contribution is 0.0846. The predicted molar refractivity (Wildman–Crippen MR) is 115 cm³/mol. The van der Waals surface area contributed by atoms with Crippen LogP contribution in [0.4, 0.5) is 5.69 Å². The summed E-state index contributed by atoms with van der Waals surface area (Å²) in [5, 5.41) is 0.488. The summed E-state index contributed by atoms with van der Waals surface area (Å²) < 4.78 is 27.6.